The number of hydrogen-bond donors (Lipinski definition) is 3. The molecular formula is C82H106N26O6S3. The molecule has 0 unspecified atom stereocenters. The lowest BCUT2D eigenvalue weighted by Crippen LogP contribution is -2.52. The standard InChI is InChI=1S/C29H37N9O3S.C29H39N9O2S.C24H30N8OS/c1-18-31-24-27(40)35(3)22-17-30-29(33-25(22)36(4)28(24)42-18)32-21-7-6-19(16-23(21)41-5)26(39)38-10-8-20(9-11-38)37-14-12-34(2)13-15-37;1-6-38-23-18-30-29(33-26(23)35(4)28-25(27(38)39)31-19(2)41-28)32-20-7-8-22(24(17-20)40-5)37-11-9-21(10-12-37)36-15-13-34(3)14-16-36;1-6-32-19-14-25-24(28-21(19)30(5)23-20(22(32)33)26-16(3)34-23)27-18-8-7-17(13-15(18)2)31-11-9-29(4)10-12-31/h6-7,16-17,20H,8-15H2,1-5H3,(H,30,32,33);7-8,17-18,21H,6,9-16H2,1-5H3,(H,30,32,33);7-8,13-14H,6,9-12H2,1-5H3,(H,25,27,28). The highest BCUT2D eigenvalue weighted by atomic mass is 32.1. The molecule has 9 aromatic rings. The van der Waals surface area contributed by atoms with Crippen LogP contribution in [0, 0.1) is 27.7 Å². The number of nitrogens with one attached hydrogen (secondary N) is 3. The lowest BCUT2D eigenvalue weighted by molar-refractivity contribution is 0.0518. The first kappa shape index (κ1) is 81.6. The van der Waals surface area contributed by atoms with E-state index in [9.17, 15) is 19.2 Å². The van der Waals surface area contributed by atoms with E-state index in [0.29, 0.717) is 112 Å². The van der Waals surface area contributed by atoms with Crippen LogP contribution in [-0.2, 0) is 0 Å². The number of aromatic nitrogens is 9. The van der Waals surface area contributed by atoms with Crippen LogP contribution in [-0.4, -0.2) is 291 Å². The van der Waals surface area contributed by atoms with Crippen LogP contribution < -0.4 is 64.6 Å². The number of thiazole rings is 3. The molecule has 8 aliphatic rings. The van der Waals surface area contributed by atoms with E-state index in [1.54, 1.807) is 55.7 Å². The Morgan fingerprint density at radius 1 is 0.436 bits per heavy atom. The molecule has 5 fully saturated rings. The molecule has 0 radical (unpaired) electrons. The lowest BCUT2D eigenvalue weighted by atomic mass is 10.0. The van der Waals surface area contributed by atoms with Crippen molar-refractivity contribution in [3.8, 4) is 11.5 Å². The summed E-state index contributed by atoms with van der Waals surface area (Å²) in [5.74, 6) is 4.13. The zero-order valence-corrected chi connectivity index (χ0v) is 72.0. The van der Waals surface area contributed by atoms with Gasteiger partial charge in [0.15, 0.2) is 34.5 Å². The Morgan fingerprint density at radius 3 is 1.35 bits per heavy atom. The molecule has 0 bridgehead atoms. The maximum atomic E-state index is 13.4. The number of piperazine rings is 3. The molecule has 35 heteroatoms. The van der Waals surface area contributed by atoms with Gasteiger partial charge in [0.05, 0.1) is 59.2 Å². The van der Waals surface area contributed by atoms with Crippen molar-refractivity contribution in [3.05, 3.63) is 116 Å². The Balaban J connectivity index is 0.000000138. The van der Waals surface area contributed by atoms with Crippen LogP contribution in [0.2, 0.25) is 0 Å². The number of fused-ring (bicyclic) bond motifs is 6. The van der Waals surface area contributed by atoms with E-state index in [1.807, 2.05) is 93.6 Å². The fraction of sp³-hybridized carbons (Fsp3) is 0.476. The maximum absolute atomic E-state index is 13.4. The van der Waals surface area contributed by atoms with Gasteiger partial charge < -0.3 is 84.2 Å². The number of aryl methyl sites for hydroxylation is 4. The number of anilines is 17. The van der Waals surface area contributed by atoms with E-state index in [1.165, 1.54) is 70.5 Å². The normalized spacial score (nSPS) is 18.0. The van der Waals surface area contributed by atoms with Gasteiger partial charge in [0, 0.05) is 187 Å². The average molecular weight is 1650 g/mol. The Kier molecular flexibility index (Phi) is 24.4. The maximum Gasteiger partial charge on any atom is 0.280 e. The number of likely N-dealkylation sites (N-methyl/N-ethyl adjacent to an activating group) is 3. The summed E-state index contributed by atoms with van der Waals surface area (Å²) >= 11 is 4.43. The minimum Gasteiger partial charge on any atom is -0.495 e. The number of hydrogen-bond acceptors (Lipinski definition) is 31. The molecule has 17 rings (SSSR count). The third-order valence-electron chi connectivity index (χ3n) is 23.4. The highest BCUT2D eigenvalue weighted by molar-refractivity contribution is 7.17. The molecular weight excluding hydrogens is 1540 g/mol. The number of piperidine rings is 2. The second-order valence-electron chi connectivity index (χ2n) is 30.9. The van der Waals surface area contributed by atoms with Crippen molar-refractivity contribution in [2.45, 2.75) is 79.3 Å². The summed E-state index contributed by atoms with van der Waals surface area (Å²) in [6, 6.07) is 19.3. The zero-order valence-electron chi connectivity index (χ0n) is 69.6. The number of carbonyl (C=O) groups is 4. The summed E-state index contributed by atoms with van der Waals surface area (Å²) in [5.41, 5.74) is 9.78. The highest BCUT2D eigenvalue weighted by Gasteiger charge is 2.38. The quantitative estimate of drug-likeness (QED) is 0.0859. The number of amides is 4. The first-order valence-electron chi connectivity index (χ1n) is 40.2. The monoisotopic (exact) mass is 1650 g/mol. The van der Waals surface area contributed by atoms with Crippen molar-refractivity contribution in [3.63, 3.8) is 0 Å². The second kappa shape index (κ2) is 35.0. The van der Waals surface area contributed by atoms with E-state index in [-0.39, 0.29) is 23.6 Å². The van der Waals surface area contributed by atoms with E-state index in [2.05, 4.69) is 139 Å². The van der Waals surface area contributed by atoms with Crippen LogP contribution in [0.1, 0.15) is 102 Å². The number of rotatable bonds is 15. The van der Waals surface area contributed by atoms with Gasteiger partial charge in [-0.25, -0.2) is 29.9 Å². The van der Waals surface area contributed by atoms with Gasteiger partial charge in [-0.1, -0.05) is 0 Å². The molecule has 32 nitrogen and oxygen atoms in total. The smallest absolute Gasteiger partial charge is 0.280 e. The minimum atomic E-state index is -0.199. The molecule has 117 heavy (non-hydrogen) atoms. The fourth-order valence-corrected chi connectivity index (χ4v) is 19.1. The van der Waals surface area contributed by atoms with Crippen LogP contribution in [0.3, 0.4) is 0 Å². The molecule has 8 aliphatic heterocycles. The zero-order chi connectivity index (χ0) is 82.2. The summed E-state index contributed by atoms with van der Waals surface area (Å²) < 4.78 is 11.5. The Morgan fingerprint density at radius 2 is 0.872 bits per heavy atom. The summed E-state index contributed by atoms with van der Waals surface area (Å²) in [7, 11) is 17.3. The molecule has 0 spiro atoms. The molecule has 0 atom stereocenters. The lowest BCUT2D eigenvalue weighted by Gasteiger charge is -2.42. The van der Waals surface area contributed by atoms with Crippen LogP contribution >= 0.6 is 34.0 Å². The van der Waals surface area contributed by atoms with E-state index < -0.39 is 0 Å². The SMILES string of the molecule is CCN1C(=O)c2nc(C)sc2N(C)c2nc(Nc3ccc(N4CCC(N5CCN(C)CC5)CC4)c(OC)c3)ncc21.CCN1C(=O)c2nc(C)sc2N(C)c2nc(Nc3ccc(N4CCN(C)CC4)cc3C)ncc21.COc1cc(C(=O)N2CCC(N3CCN(C)CC3)CC2)ccc1Nc1ncc2c(n1)N(C)c1sc(C)nc1C(=O)N2C. The first-order valence-corrected chi connectivity index (χ1v) is 42.7. The molecule has 6 aromatic heterocycles. The van der Waals surface area contributed by atoms with Crippen LogP contribution in [0.15, 0.2) is 73.2 Å². The molecule has 0 aliphatic carbocycles. The van der Waals surface area contributed by atoms with Gasteiger partial charge in [0.1, 0.15) is 43.6 Å². The molecule has 5 saturated heterocycles. The van der Waals surface area contributed by atoms with Crippen molar-refractivity contribution in [1.82, 2.24) is 74.3 Å². The van der Waals surface area contributed by atoms with Crippen molar-refractivity contribution >= 4 is 153 Å². The molecule has 618 valence electrons. The topological polar surface area (TPSA) is 284 Å². The van der Waals surface area contributed by atoms with Gasteiger partial charge >= 0.3 is 0 Å². The molecule has 0 saturated carbocycles. The predicted molar refractivity (Wildman–Crippen MR) is 467 cm³/mol. The first-order chi connectivity index (χ1) is 56.4. The number of methoxy groups -OCH3 is 2. The molecule has 3 aromatic carbocycles. The largest absolute Gasteiger partial charge is 0.495 e. The van der Waals surface area contributed by atoms with Crippen molar-refractivity contribution in [2.24, 2.45) is 0 Å². The van der Waals surface area contributed by atoms with E-state index >= 15 is 0 Å². The van der Waals surface area contributed by atoms with Crippen molar-refractivity contribution in [2.75, 3.05) is 237 Å². The summed E-state index contributed by atoms with van der Waals surface area (Å²) in [6.45, 7) is 29.6. The molecule has 14 heterocycles. The number of likely N-dealkylation sites (tertiary alicyclic amines) is 1. The van der Waals surface area contributed by atoms with Crippen LogP contribution in [0.4, 0.5) is 95.8 Å². The van der Waals surface area contributed by atoms with E-state index in [4.69, 9.17) is 24.4 Å². The number of benzene rings is 3. The van der Waals surface area contributed by atoms with Gasteiger partial charge in [-0.05, 0) is 142 Å². The highest BCUT2D eigenvalue weighted by Crippen LogP contribution is 2.46. The number of nitrogens with zero attached hydrogens (tertiary/aromatic N) is 23. The van der Waals surface area contributed by atoms with Gasteiger partial charge in [-0.3, -0.25) is 29.0 Å². The number of carbonyl (C=O) groups excluding carboxylic acids is 4. The van der Waals surface area contributed by atoms with Gasteiger partial charge in [-0.15, -0.1) is 34.0 Å². The summed E-state index contributed by atoms with van der Waals surface area (Å²) in [6.07, 6.45) is 9.39. The predicted octanol–water partition coefficient (Wildman–Crippen LogP) is 11.0. The summed E-state index contributed by atoms with van der Waals surface area (Å²) in [5, 5.41) is 14.8. The second-order valence-corrected chi connectivity index (χ2v) is 34.4. The van der Waals surface area contributed by atoms with Crippen molar-refractivity contribution < 1.29 is 28.7 Å². The van der Waals surface area contributed by atoms with Crippen LogP contribution in [0.5, 0.6) is 11.5 Å². The minimum absolute atomic E-state index is 0.0166. The Labute approximate surface area is 696 Å². The van der Waals surface area contributed by atoms with Gasteiger partial charge in [0.25, 0.3) is 23.6 Å². The third-order valence-corrected chi connectivity index (χ3v) is 26.5. The van der Waals surface area contributed by atoms with Crippen LogP contribution in [0.25, 0.3) is 0 Å². The molecule has 3 N–H and O–H groups in total. The summed E-state index contributed by atoms with van der Waals surface area (Å²) in [4.78, 5) is 124. The fourth-order valence-electron chi connectivity index (χ4n) is 16.5. The third kappa shape index (κ3) is 17.0. The average Bonchev–Trinajstić information content (AvgIpc) is 1.63. The Bertz CT molecular complexity index is 5140. The van der Waals surface area contributed by atoms with E-state index in [0.717, 1.165) is 163 Å². The Hall–Kier alpha value is -10.5. The van der Waals surface area contributed by atoms with Gasteiger partial charge in [-0.2, -0.15) is 15.0 Å². The van der Waals surface area contributed by atoms with Crippen molar-refractivity contribution in [1.29, 1.82) is 0 Å². The van der Waals surface area contributed by atoms with Gasteiger partial charge in [0.2, 0.25) is 17.8 Å². The molecule has 4 amide bonds. The number of ether oxygens (including phenoxy) is 2.